The number of rotatable bonds is 6. The number of nitrogens with one attached hydrogen (secondary N) is 1. The van der Waals surface area contributed by atoms with Crippen LogP contribution in [0.5, 0.6) is 0 Å². The van der Waals surface area contributed by atoms with Crippen molar-refractivity contribution in [2.75, 3.05) is 18.5 Å². The Bertz CT molecular complexity index is 343. The SMILES string of the molecule is CNC(C)c1ccc(N(CC(C)C)C(C)C)cn1. The van der Waals surface area contributed by atoms with Gasteiger partial charge in [-0.3, -0.25) is 4.98 Å². The molecule has 0 amide bonds. The average Bonchev–Trinajstić information content (AvgIpc) is 2.34. The normalized spacial score (nSPS) is 13.1. The summed E-state index contributed by atoms with van der Waals surface area (Å²) in [6, 6.07) is 5.10. The summed E-state index contributed by atoms with van der Waals surface area (Å²) in [6.07, 6.45) is 1.99. The number of hydrogen-bond acceptors (Lipinski definition) is 3. The molecule has 0 radical (unpaired) electrons. The maximum atomic E-state index is 4.56. The topological polar surface area (TPSA) is 28.2 Å². The Morgan fingerprint density at radius 3 is 2.22 bits per heavy atom. The minimum absolute atomic E-state index is 0.302. The molecule has 3 heteroatoms. The fraction of sp³-hybridized carbons (Fsp3) is 0.667. The van der Waals surface area contributed by atoms with Crippen molar-refractivity contribution < 1.29 is 0 Å². The van der Waals surface area contributed by atoms with Crippen LogP contribution in [0.1, 0.15) is 46.4 Å². The van der Waals surface area contributed by atoms with E-state index in [4.69, 9.17) is 0 Å². The number of nitrogens with zero attached hydrogens (tertiary/aromatic N) is 2. The van der Waals surface area contributed by atoms with Crippen LogP contribution in [0.3, 0.4) is 0 Å². The summed E-state index contributed by atoms with van der Waals surface area (Å²) in [5.74, 6) is 0.656. The quantitative estimate of drug-likeness (QED) is 0.839. The van der Waals surface area contributed by atoms with E-state index in [0.717, 1.165) is 12.2 Å². The van der Waals surface area contributed by atoms with Gasteiger partial charge in [-0.1, -0.05) is 13.8 Å². The van der Waals surface area contributed by atoms with Crippen LogP contribution in [0, 0.1) is 5.92 Å². The molecular weight excluding hydrogens is 222 g/mol. The van der Waals surface area contributed by atoms with Crippen LogP contribution in [-0.4, -0.2) is 24.6 Å². The summed E-state index contributed by atoms with van der Waals surface area (Å²) in [6.45, 7) is 12.1. The van der Waals surface area contributed by atoms with Crippen molar-refractivity contribution >= 4 is 5.69 Å². The first-order valence-electron chi connectivity index (χ1n) is 6.85. The molecule has 0 fully saturated rings. The van der Waals surface area contributed by atoms with Gasteiger partial charge >= 0.3 is 0 Å². The zero-order valence-electron chi connectivity index (χ0n) is 12.6. The summed E-state index contributed by atoms with van der Waals surface area (Å²) in [4.78, 5) is 6.96. The van der Waals surface area contributed by atoms with Gasteiger partial charge in [-0.15, -0.1) is 0 Å². The Labute approximate surface area is 112 Å². The predicted octanol–water partition coefficient (Wildman–Crippen LogP) is 3.23. The lowest BCUT2D eigenvalue weighted by Crippen LogP contribution is -2.34. The maximum absolute atomic E-state index is 4.56. The fourth-order valence-electron chi connectivity index (χ4n) is 1.98. The Hall–Kier alpha value is -1.09. The van der Waals surface area contributed by atoms with Gasteiger partial charge in [0.25, 0.3) is 0 Å². The highest BCUT2D eigenvalue weighted by Gasteiger charge is 2.13. The third kappa shape index (κ3) is 3.98. The molecule has 0 saturated carbocycles. The molecule has 1 N–H and O–H groups in total. The van der Waals surface area contributed by atoms with Crippen LogP contribution in [-0.2, 0) is 0 Å². The molecule has 1 aromatic heterocycles. The summed E-state index contributed by atoms with van der Waals surface area (Å²) < 4.78 is 0. The van der Waals surface area contributed by atoms with E-state index in [1.54, 1.807) is 0 Å². The van der Waals surface area contributed by atoms with Crippen molar-refractivity contribution in [3.63, 3.8) is 0 Å². The molecule has 0 aliphatic carbocycles. The average molecular weight is 249 g/mol. The van der Waals surface area contributed by atoms with Crippen LogP contribution < -0.4 is 10.2 Å². The van der Waals surface area contributed by atoms with Crippen LogP contribution >= 0.6 is 0 Å². The maximum Gasteiger partial charge on any atom is 0.0571 e. The smallest absolute Gasteiger partial charge is 0.0571 e. The van der Waals surface area contributed by atoms with Gasteiger partial charge in [-0.05, 0) is 45.9 Å². The molecule has 1 rings (SSSR count). The van der Waals surface area contributed by atoms with E-state index >= 15 is 0 Å². The van der Waals surface area contributed by atoms with Crippen molar-refractivity contribution in [1.82, 2.24) is 10.3 Å². The van der Waals surface area contributed by atoms with Gasteiger partial charge in [-0.2, -0.15) is 0 Å². The second-order valence-electron chi connectivity index (χ2n) is 5.59. The highest BCUT2D eigenvalue weighted by molar-refractivity contribution is 5.45. The van der Waals surface area contributed by atoms with Gasteiger partial charge in [0, 0.05) is 18.6 Å². The predicted molar refractivity (Wildman–Crippen MR) is 79.0 cm³/mol. The zero-order chi connectivity index (χ0) is 13.7. The largest absolute Gasteiger partial charge is 0.368 e. The molecule has 3 nitrogen and oxygen atoms in total. The van der Waals surface area contributed by atoms with E-state index in [9.17, 15) is 0 Å². The van der Waals surface area contributed by atoms with Gasteiger partial charge in [0.15, 0.2) is 0 Å². The number of hydrogen-bond donors (Lipinski definition) is 1. The van der Waals surface area contributed by atoms with Crippen molar-refractivity contribution in [3.05, 3.63) is 24.0 Å². The summed E-state index contributed by atoms with van der Waals surface area (Å²) in [5, 5.41) is 3.21. The number of anilines is 1. The molecule has 0 aliphatic heterocycles. The van der Waals surface area contributed by atoms with E-state index in [0.29, 0.717) is 18.0 Å². The summed E-state index contributed by atoms with van der Waals surface area (Å²) in [5.41, 5.74) is 2.31. The standard InChI is InChI=1S/C15H27N3/c1-11(2)10-18(12(3)4)14-7-8-15(17-9-14)13(5)16-6/h7-9,11-13,16H,10H2,1-6H3. The molecule has 102 valence electrons. The van der Waals surface area contributed by atoms with E-state index in [-0.39, 0.29) is 0 Å². The molecule has 1 unspecified atom stereocenters. The Morgan fingerprint density at radius 2 is 1.83 bits per heavy atom. The van der Waals surface area contributed by atoms with Crippen molar-refractivity contribution in [3.8, 4) is 0 Å². The first kappa shape index (κ1) is 15.0. The molecule has 0 spiro atoms. The summed E-state index contributed by atoms with van der Waals surface area (Å²) >= 11 is 0. The second-order valence-corrected chi connectivity index (χ2v) is 5.59. The van der Waals surface area contributed by atoms with Crippen LogP contribution in [0.15, 0.2) is 18.3 Å². The molecule has 0 bridgehead atoms. The first-order chi connectivity index (χ1) is 8.45. The molecule has 1 heterocycles. The lowest BCUT2D eigenvalue weighted by Gasteiger charge is -2.30. The Balaban J connectivity index is 2.86. The number of aromatic nitrogens is 1. The van der Waals surface area contributed by atoms with Gasteiger partial charge in [-0.25, -0.2) is 0 Å². The fourth-order valence-corrected chi connectivity index (χ4v) is 1.98. The summed E-state index contributed by atoms with van der Waals surface area (Å²) in [7, 11) is 1.96. The van der Waals surface area contributed by atoms with E-state index < -0.39 is 0 Å². The van der Waals surface area contributed by atoms with Gasteiger partial charge in [0.2, 0.25) is 0 Å². The van der Waals surface area contributed by atoms with Gasteiger partial charge in [0.05, 0.1) is 17.6 Å². The monoisotopic (exact) mass is 249 g/mol. The molecule has 0 aliphatic rings. The van der Waals surface area contributed by atoms with Crippen LogP contribution in [0.2, 0.25) is 0 Å². The molecule has 1 aromatic rings. The van der Waals surface area contributed by atoms with Crippen molar-refractivity contribution in [2.45, 2.75) is 46.7 Å². The molecular formula is C15H27N3. The van der Waals surface area contributed by atoms with E-state index in [2.05, 4.69) is 62.0 Å². The molecule has 0 saturated heterocycles. The molecule has 1 atom stereocenters. The first-order valence-corrected chi connectivity index (χ1v) is 6.85. The third-order valence-electron chi connectivity index (χ3n) is 3.16. The van der Waals surface area contributed by atoms with Gasteiger partial charge < -0.3 is 10.2 Å². The Morgan fingerprint density at radius 1 is 1.17 bits per heavy atom. The highest BCUT2D eigenvalue weighted by Crippen LogP contribution is 2.19. The van der Waals surface area contributed by atoms with E-state index in [1.807, 2.05) is 13.2 Å². The van der Waals surface area contributed by atoms with Gasteiger partial charge in [0.1, 0.15) is 0 Å². The molecule has 18 heavy (non-hydrogen) atoms. The minimum Gasteiger partial charge on any atom is -0.368 e. The lowest BCUT2D eigenvalue weighted by atomic mass is 10.1. The lowest BCUT2D eigenvalue weighted by molar-refractivity contribution is 0.569. The van der Waals surface area contributed by atoms with Crippen LogP contribution in [0.4, 0.5) is 5.69 Å². The second kappa shape index (κ2) is 6.74. The molecule has 0 aromatic carbocycles. The van der Waals surface area contributed by atoms with Crippen molar-refractivity contribution in [1.29, 1.82) is 0 Å². The third-order valence-corrected chi connectivity index (χ3v) is 3.16. The highest BCUT2D eigenvalue weighted by atomic mass is 15.2. The minimum atomic E-state index is 0.302. The number of pyridine rings is 1. The van der Waals surface area contributed by atoms with Crippen LogP contribution in [0.25, 0.3) is 0 Å². The zero-order valence-corrected chi connectivity index (χ0v) is 12.6. The Kier molecular flexibility index (Phi) is 5.60. The van der Waals surface area contributed by atoms with E-state index in [1.165, 1.54) is 5.69 Å². The van der Waals surface area contributed by atoms with Crippen molar-refractivity contribution in [2.24, 2.45) is 5.92 Å².